The summed E-state index contributed by atoms with van der Waals surface area (Å²) in [5.74, 6) is 0.0498. The van der Waals surface area contributed by atoms with Crippen LogP contribution in [0.5, 0.6) is 0 Å². The fourth-order valence-corrected chi connectivity index (χ4v) is 2.93. The van der Waals surface area contributed by atoms with Crippen LogP contribution in [0.15, 0.2) is 39.3 Å². The fourth-order valence-electron chi connectivity index (χ4n) is 1.95. The van der Waals surface area contributed by atoms with Gasteiger partial charge in [-0.25, -0.2) is 0 Å². The third kappa shape index (κ3) is 2.98. The van der Waals surface area contributed by atoms with Crippen molar-refractivity contribution in [3.63, 3.8) is 0 Å². The van der Waals surface area contributed by atoms with E-state index in [1.807, 2.05) is 51.1 Å². The predicted molar refractivity (Wildman–Crippen MR) is 85.9 cm³/mol. The number of hydrogen-bond acceptors (Lipinski definition) is 1. The minimum Gasteiger partial charge on any atom is -0.289 e. The maximum Gasteiger partial charge on any atom is 0.194 e. The Labute approximate surface area is 130 Å². The van der Waals surface area contributed by atoms with Crippen molar-refractivity contribution in [3.05, 3.63) is 67.1 Å². The number of carbonyl (C=O) groups excluding carboxylic acids is 1. The number of carbonyl (C=O) groups is 1. The Bertz CT molecular complexity index is 660. The van der Waals surface area contributed by atoms with Crippen LogP contribution in [0.25, 0.3) is 0 Å². The van der Waals surface area contributed by atoms with Crippen molar-refractivity contribution in [3.8, 4) is 0 Å². The third-order valence-corrected chi connectivity index (χ3v) is 4.64. The molecule has 0 heterocycles. The van der Waals surface area contributed by atoms with E-state index in [1.165, 1.54) is 0 Å². The summed E-state index contributed by atoms with van der Waals surface area (Å²) in [5, 5.41) is 0. The summed E-state index contributed by atoms with van der Waals surface area (Å²) < 4.78 is 1.78. The third-order valence-electron chi connectivity index (χ3n) is 3.13. The van der Waals surface area contributed by atoms with Crippen molar-refractivity contribution in [2.24, 2.45) is 0 Å². The lowest BCUT2D eigenvalue weighted by Crippen LogP contribution is -2.05. The molecule has 3 heteroatoms. The van der Waals surface area contributed by atoms with Crippen LogP contribution in [0.3, 0.4) is 0 Å². The van der Waals surface area contributed by atoms with E-state index < -0.39 is 0 Å². The van der Waals surface area contributed by atoms with Gasteiger partial charge in [-0.2, -0.15) is 0 Å². The molecule has 0 radical (unpaired) electrons. The van der Waals surface area contributed by atoms with Crippen LogP contribution in [-0.2, 0) is 0 Å². The fraction of sp³-hybridized carbons (Fsp3) is 0.188. The predicted octanol–water partition coefficient (Wildman–Crippen LogP) is 5.37. The molecule has 1 nitrogen and oxygen atoms in total. The zero-order valence-corrected chi connectivity index (χ0v) is 14.2. The summed E-state index contributed by atoms with van der Waals surface area (Å²) in [4.78, 5) is 12.7. The molecule has 0 fully saturated rings. The van der Waals surface area contributed by atoms with Crippen molar-refractivity contribution in [2.45, 2.75) is 20.8 Å². The van der Waals surface area contributed by atoms with E-state index in [1.54, 1.807) is 0 Å². The molecule has 2 aromatic rings. The van der Waals surface area contributed by atoms with Gasteiger partial charge in [-0.05, 0) is 50.1 Å². The minimum atomic E-state index is 0.0498. The van der Waals surface area contributed by atoms with Gasteiger partial charge in [0.05, 0.1) is 0 Å². The molecule has 2 rings (SSSR count). The molecule has 0 atom stereocenters. The summed E-state index contributed by atoms with van der Waals surface area (Å²) >= 11 is 6.96. The maximum absolute atomic E-state index is 12.7. The monoisotopic (exact) mass is 380 g/mol. The second-order valence-corrected chi connectivity index (χ2v) is 6.44. The highest BCUT2D eigenvalue weighted by Gasteiger charge is 2.16. The second-order valence-electron chi connectivity index (χ2n) is 4.73. The van der Waals surface area contributed by atoms with Crippen LogP contribution in [-0.4, -0.2) is 5.78 Å². The highest BCUT2D eigenvalue weighted by atomic mass is 79.9. The van der Waals surface area contributed by atoms with Gasteiger partial charge in [0, 0.05) is 20.1 Å². The molecule has 98 valence electrons. The molecule has 0 saturated carbocycles. The van der Waals surface area contributed by atoms with Gasteiger partial charge in [0.1, 0.15) is 0 Å². The van der Waals surface area contributed by atoms with E-state index in [0.29, 0.717) is 5.56 Å². The first-order chi connectivity index (χ1) is 8.90. The van der Waals surface area contributed by atoms with Gasteiger partial charge in [0.15, 0.2) is 5.78 Å². The largest absolute Gasteiger partial charge is 0.289 e. The average molecular weight is 382 g/mol. The molecule has 19 heavy (non-hydrogen) atoms. The molecular formula is C16H14Br2O. The highest BCUT2D eigenvalue weighted by molar-refractivity contribution is 9.11. The topological polar surface area (TPSA) is 17.1 Å². The number of benzene rings is 2. The Morgan fingerprint density at radius 1 is 0.842 bits per heavy atom. The van der Waals surface area contributed by atoms with E-state index >= 15 is 0 Å². The molecule has 0 aliphatic heterocycles. The van der Waals surface area contributed by atoms with Crippen LogP contribution < -0.4 is 0 Å². The van der Waals surface area contributed by atoms with Crippen LogP contribution >= 0.6 is 31.9 Å². The first kappa shape index (κ1) is 14.5. The van der Waals surface area contributed by atoms with Crippen molar-refractivity contribution in [1.82, 2.24) is 0 Å². The van der Waals surface area contributed by atoms with Crippen LogP contribution in [0.2, 0.25) is 0 Å². The quantitative estimate of drug-likeness (QED) is 0.639. The molecule has 0 aromatic heterocycles. The number of rotatable bonds is 2. The van der Waals surface area contributed by atoms with E-state index in [0.717, 1.165) is 31.2 Å². The first-order valence-corrected chi connectivity index (χ1v) is 7.56. The Balaban J connectivity index is 2.56. The average Bonchev–Trinajstić information content (AvgIpc) is 2.36. The molecule has 0 aliphatic carbocycles. The summed E-state index contributed by atoms with van der Waals surface area (Å²) in [7, 11) is 0. The van der Waals surface area contributed by atoms with Gasteiger partial charge >= 0.3 is 0 Å². The standard InChI is InChI=1S/C16H14Br2O/c1-9-4-5-10(2)12(6-9)16(19)13-8-14(17)11(3)7-15(13)18/h4-8H,1-3H3. The Kier molecular flexibility index (Phi) is 4.26. The summed E-state index contributed by atoms with van der Waals surface area (Å²) in [5.41, 5.74) is 4.64. The lowest BCUT2D eigenvalue weighted by molar-refractivity contribution is 0.103. The Morgan fingerprint density at radius 2 is 1.53 bits per heavy atom. The summed E-state index contributed by atoms with van der Waals surface area (Å²) in [6.07, 6.45) is 0. The first-order valence-electron chi connectivity index (χ1n) is 5.97. The summed E-state index contributed by atoms with van der Waals surface area (Å²) in [6.45, 7) is 5.96. The normalized spacial score (nSPS) is 10.6. The minimum absolute atomic E-state index is 0.0498. The van der Waals surface area contributed by atoms with Crippen molar-refractivity contribution >= 4 is 37.6 Å². The molecule has 0 bridgehead atoms. The van der Waals surface area contributed by atoms with Crippen LogP contribution in [0.1, 0.15) is 32.6 Å². The summed E-state index contributed by atoms with van der Waals surface area (Å²) in [6, 6.07) is 9.79. The molecule has 0 aliphatic rings. The van der Waals surface area contributed by atoms with Gasteiger partial charge in [-0.1, -0.05) is 49.6 Å². The van der Waals surface area contributed by atoms with Crippen molar-refractivity contribution in [1.29, 1.82) is 0 Å². The number of ketones is 1. The number of halogens is 2. The van der Waals surface area contributed by atoms with Gasteiger partial charge in [-0.15, -0.1) is 0 Å². The van der Waals surface area contributed by atoms with E-state index in [4.69, 9.17) is 0 Å². The maximum atomic E-state index is 12.7. The van der Waals surface area contributed by atoms with Gasteiger partial charge in [-0.3, -0.25) is 4.79 Å². The molecule has 0 N–H and O–H groups in total. The number of aryl methyl sites for hydroxylation is 3. The SMILES string of the molecule is Cc1ccc(C)c(C(=O)c2cc(Br)c(C)cc2Br)c1. The Morgan fingerprint density at radius 3 is 2.21 bits per heavy atom. The molecule has 0 amide bonds. The zero-order chi connectivity index (χ0) is 14.2. The highest BCUT2D eigenvalue weighted by Crippen LogP contribution is 2.28. The van der Waals surface area contributed by atoms with Crippen LogP contribution in [0.4, 0.5) is 0 Å². The number of hydrogen-bond donors (Lipinski definition) is 0. The van der Waals surface area contributed by atoms with Crippen LogP contribution in [0, 0.1) is 20.8 Å². The van der Waals surface area contributed by atoms with E-state index in [2.05, 4.69) is 31.9 Å². The molecule has 0 unspecified atom stereocenters. The lowest BCUT2D eigenvalue weighted by atomic mass is 9.97. The van der Waals surface area contributed by atoms with Gasteiger partial charge < -0.3 is 0 Å². The molecule has 0 spiro atoms. The molecular weight excluding hydrogens is 368 g/mol. The molecule has 2 aromatic carbocycles. The van der Waals surface area contributed by atoms with Gasteiger partial charge in [0.2, 0.25) is 0 Å². The van der Waals surface area contributed by atoms with E-state index in [9.17, 15) is 4.79 Å². The molecule has 0 saturated heterocycles. The van der Waals surface area contributed by atoms with Crippen molar-refractivity contribution < 1.29 is 4.79 Å². The zero-order valence-electron chi connectivity index (χ0n) is 11.1. The smallest absolute Gasteiger partial charge is 0.194 e. The Hall–Kier alpha value is -0.930. The van der Waals surface area contributed by atoms with E-state index in [-0.39, 0.29) is 5.78 Å². The van der Waals surface area contributed by atoms with Gasteiger partial charge in [0.25, 0.3) is 0 Å². The van der Waals surface area contributed by atoms with Crippen molar-refractivity contribution in [2.75, 3.05) is 0 Å². The second kappa shape index (κ2) is 5.59. The lowest BCUT2D eigenvalue weighted by Gasteiger charge is -2.10.